The average Bonchev–Trinajstić information content (AvgIpc) is 2.40. The van der Waals surface area contributed by atoms with E-state index in [9.17, 15) is 0 Å². The molecule has 0 atom stereocenters. The highest BCUT2D eigenvalue weighted by molar-refractivity contribution is 6.32. The molecular formula is C13H10Cl2N2O. The molecule has 0 fully saturated rings. The molecule has 18 heavy (non-hydrogen) atoms. The van der Waals surface area contributed by atoms with E-state index in [0.717, 1.165) is 5.56 Å². The van der Waals surface area contributed by atoms with Gasteiger partial charge < -0.3 is 4.74 Å². The van der Waals surface area contributed by atoms with Crippen LogP contribution in [0.15, 0.2) is 42.6 Å². The lowest BCUT2D eigenvalue weighted by molar-refractivity contribution is 0.348. The first-order chi connectivity index (χ1) is 8.75. The Morgan fingerprint density at radius 3 is 2.72 bits per heavy atom. The van der Waals surface area contributed by atoms with Crippen molar-refractivity contribution in [1.82, 2.24) is 9.97 Å². The average molecular weight is 281 g/mol. The lowest BCUT2D eigenvalue weighted by atomic mass is 10.2. The summed E-state index contributed by atoms with van der Waals surface area (Å²) in [5, 5.41) is 0.453. The molecule has 0 aliphatic rings. The van der Waals surface area contributed by atoms with Gasteiger partial charge in [0.1, 0.15) is 11.6 Å². The van der Waals surface area contributed by atoms with Crippen LogP contribution >= 0.6 is 23.2 Å². The molecule has 0 bridgehead atoms. The van der Waals surface area contributed by atoms with E-state index in [1.807, 2.05) is 42.5 Å². The standard InChI is InChI=1S/C13H10Cl2N2O/c14-11-9-16-13(15)17-12(11)18-8-4-7-10-5-2-1-3-6-10/h1-7,9H,8H2. The van der Waals surface area contributed by atoms with E-state index in [-0.39, 0.29) is 11.2 Å². The van der Waals surface area contributed by atoms with Gasteiger partial charge in [-0.2, -0.15) is 4.98 Å². The largest absolute Gasteiger partial charge is 0.472 e. The summed E-state index contributed by atoms with van der Waals surface area (Å²) in [4.78, 5) is 7.62. The summed E-state index contributed by atoms with van der Waals surface area (Å²) in [5.41, 5.74) is 1.10. The fourth-order valence-corrected chi connectivity index (χ4v) is 1.58. The predicted molar refractivity (Wildman–Crippen MR) is 73.0 cm³/mol. The smallest absolute Gasteiger partial charge is 0.237 e. The van der Waals surface area contributed by atoms with Crippen LogP contribution in [0.25, 0.3) is 6.08 Å². The number of hydrogen-bond acceptors (Lipinski definition) is 3. The van der Waals surface area contributed by atoms with E-state index in [2.05, 4.69) is 9.97 Å². The summed E-state index contributed by atoms with van der Waals surface area (Å²) in [5.74, 6) is 0.286. The van der Waals surface area contributed by atoms with E-state index in [1.54, 1.807) is 0 Å². The van der Waals surface area contributed by atoms with Crippen molar-refractivity contribution in [2.24, 2.45) is 0 Å². The Morgan fingerprint density at radius 1 is 1.17 bits per heavy atom. The third-order valence-corrected chi connectivity index (χ3v) is 2.55. The molecule has 0 aliphatic heterocycles. The number of rotatable bonds is 4. The molecule has 92 valence electrons. The first-order valence-electron chi connectivity index (χ1n) is 5.28. The van der Waals surface area contributed by atoms with E-state index in [0.29, 0.717) is 11.6 Å². The summed E-state index contributed by atoms with van der Waals surface area (Å²) in [6.45, 7) is 0.363. The highest BCUT2D eigenvalue weighted by Gasteiger charge is 2.03. The molecular weight excluding hydrogens is 271 g/mol. The Morgan fingerprint density at radius 2 is 1.94 bits per heavy atom. The van der Waals surface area contributed by atoms with Crippen molar-refractivity contribution >= 4 is 29.3 Å². The van der Waals surface area contributed by atoms with Crippen molar-refractivity contribution in [2.45, 2.75) is 0 Å². The lowest BCUT2D eigenvalue weighted by Gasteiger charge is -2.03. The van der Waals surface area contributed by atoms with Gasteiger partial charge in [0, 0.05) is 0 Å². The van der Waals surface area contributed by atoms with Crippen molar-refractivity contribution in [3.05, 3.63) is 58.5 Å². The van der Waals surface area contributed by atoms with Crippen molar-refractivity contribution in [3.63, 3.8) is 0 Å². The Hall–Kier alpha value is -1.58. The van der Waals surface area contributed by atoms with Crippen LogP contribution in [0, 0.1) is 0 Å². The van der Waals surface area contributed by atoms with Crippen LogP contribution in [0.3, 0.4) is 0 Å². The van der Waals surface area contributed by atoms with E-state index in [4.69, 9.17) is 27.9 Å². The minimum absolute atomic E-state index is 0.112. The number of aromatic nitrogens is 2. The molecule has 1 heterocycles. The first kappa shape index (κ1) is 12.9. The highest BCUT2D eigenvalue weighted by atomic mass is 35.5. The molecule has 0 saturated carbocycles. The molecule has 0 aliphatic carbocycles. The third-order valence-electron chi connectivity index (χ3n) is 2.11. The Balaban J connectivity index is 1.92. The topological polar surface area (TPSA) is 35.0 Å². The van der Waals surface area contributed by atoms with Crippen molar-refractivity contribution in [3.8, 4) is 5.88 Å². The molecule has 5 heteroatoms. The zero-order chi connectivity index (χ0) is 12.8. The fourth-order valence-electron chi connectivity index (χ4n) is 1.31. The van der Waals surface area contributed by atoms with Gasteiger partial charge in [0.05, 0.1) is 6.20 Å². The summed E-state index contributed by atoms with van der Waals surface area (Å²) in [7, 11) is 0. The number of ether oxygens (including phenoxy) is 1. The lowest BCUT2D eigenvalue weighted by Crippen LogP contribution is -1.97. The normalized spacial score (nSPS) is 10.8. The molecule has 0 radical (unpaired) electrons. The molecule has 0 spiro atoms. The zero-order valence-electron chi connectivity index (χ0n) is 9.38. The van der Waals surface area contributed by atoms with Crippen LogP contribution in [0.1, 0.15) is 5.56 Å². The van der Waals surface area contributed by atoms with E-state index in [1.165, 1.54) is 6.20 Å². The maximum Gasteiger partial charge on any atom is 0.237 e. The van der Waals surface area contributed by atoms with Gasteiger partial charge in [-0.15, -0.1) is 0 Å². The Kier molecular flexibility index (Phi) is 4.56. The van der Waals surface area contributed by atoms with Gasteiger partial charge in [-0.3, -0.25) is 0 Å². The molecule has 0 amide bonds. The number of halogens is 2. The maximum absolute atomic E-state index is 5.86. The summed E-state index contributed by atoms with van der Waals surface area (Å²) in [6, 6.07) is 9.93. The van der Waals surface area contributed by atoms with Crippen molar-refractivity contribution in [1.29, 1.82) is 0 Å². The van der Waals surface area contributed by atoms with E-state index < -0.39 is 0 Å². The van der Waals surface area contributed by atoms with Crippen LogP contribution in [0.2, 0.25) is 10.3 Å². The first-order valence-corrected chi connectivity index (χ1v) is 6.04. The van der Waals surface area contributed by atoms with Crippen molar-refractivity contribution in [2.75, 3.05) is 6.61 Å². The third kappa shape index (κ3) is 3.72. The van der Waals surface area contributed by atoms with Gasteiger partial charge in [0.15, 0.2) is 0 Å². The monoisotopic (exact) mass is 280 g/mol. The quantitative estimate of drug-likeness (QED) is 0.798. The Bertz CT molecular complexity index is 544. The second kappa shape index (κ2) is 6.38. The molecule has 2 rings (SSSR count). The molecule has 1 aromatic carbocycles. The molecule has 3 nitrogen and oxygen atoms in total. The summed E-state index contributed by atoms with van der Waals surface area (Å²) < 4.78 is 5.39. The minimum atomic E-state index is 0.112. The van der Waals surface area contributed by atoms with Gasteiger partial charge >= 0.3 is 0 Å². The van der Waals surface area contributed by atoms with Crippen LogP contribution in [0.4, 0.5) is 0 Å². The van der Waals surface area contributed by atoms with Gasteiger partial charge in [-0.25, -0.2) is 4.98 Å². The zero-order valence-corrected chi connectivity index (χ0v) is 10.9. The van der Waals surface area contributed by atoms with Crippen LogP contribution in [0.5, 0.6) is 5.88 Å². The van der Waals surface area contributed by atoms with Gasteiger partial charge in [0.25, 0.3) is 0 Å². The van der Waals surface area contributed by atoms with E-state index >= 15 is 0 Å². The summed E-state index contributed by atoms with van der Waals surface area (Å²) >= 11 is 11.5. The van der Waals surface area contributed by atoms with Crippen LogP contribution in [-0.2, 0) is 0 Å². The van der Waals surface area contributed by atoms with Crippen LogP contribution in [-0.4, -0.2) is 16.6 Å². The number of benzene rings is 1. The highest BCUT2D eigenvalue weighted by Crippen LogP contribution is 2.21. The van der Waals surface area contributed by atoms with Gasteiger partial charge in [-0.1, -0.05) is 48.0 Å². The predicted octanol–water partition coefficient (Wildman–Crippen LogP) is 3.88. The summed E-state index contributed by atoms with van der Waals surface area (Å²) in [6.07, 6.45) is 5.24. The number of nitrogens with zero attached hydrogens (tertiary/aromatic N) is 2. The maximum atomic E-state index is 5.86. The van der Waals surface area contributed by atoms with Crippen LogP contribution < -0.4 is 4.74 Å². The van der Waals surface area contributed by atoms with Crippen molar-refractivity contribution < 1.29 is 4.74 Å². The SMILES string of the molecule is Clc1ncc(Cl)c(OCC=Cc2ccccc2)n1. The fraction of sp³-hybridized carbons (Fsp3) is 0.0769. The molecule has 1 aromatic heterocycles. The second-order valence-electron chi connectivity index (χ2n) is 3.42. The second-order valence-corrected chi connectivity index (χ2v) is 4.16. The Labute approximate surface area is 115 Å². The molecule has 0 N–H and O–H groups in total. The molecule has 2 aromatic rings. The van der Waals surface area contributed by atoms with Gasteiger partial charge in [0.2, 0.25) is 11.2 Å². The minimum Gasteiger partial charge on any atom is -0.472 e. The van der Waals surface area contributed by atoms with Gasteiger partial charge in [-0.05, 0) is 23.2 Å². The molecule has 0 unspecified atom stereocenters. The number of hydrogen-bond donors (Lipinski definition) is 0. The molecule has 0 saturated heterocycles.